The van der Waals surface area contributed by atoms with Gasteiger partial charge >= 0.3 is 0 Å². The van der Waals surface area contributed by atoms with E-state index in [1.54, 1.807) is 5.38 Å². The molecule has 0 aromatic carbocycles. The van der Waals surface area contributed by atoms with Crippen molar-refractivity contribution in [1.82, 2.24) is 15.2 Å². The third kappa shape index (κ3) is 5.93. The number of nitrogens with two attached hydrogens (primary N) is 1. The Kier molecular flexibility index (Phi) is 10.1. The standard InChI is InChI=1S/C12H20N4OS.2ClH/c13-4-3-11-15-10(9-18-11)12(17)14-5-8-16-6-1-2-7-16;;/h9H,1-8,13H2,(H,14,17);2*1H. The zero-order chi connectivity index (χ0) is 12.8. The smallest absolute Gasteiger partial charge is 0.270 e. The number of carbonyl (C=O) groups excluding carboxylic acids is 1. The summed E-state index contributed by atoms with van der Waals surface area (Å²) in [7, 11) is 0. The fourth-order valence-corrected chi connectivity index (χ4v) is 2.87. The van der Waals surface area contributed by atoms with Gasteiger partial charge in [0.2, 0.25) is 0 Å². The van der Waals surface area contributed by atoms with Crippen molar-refractivity contribution in [3.63, 3.8) is 0 Å². The lowest BCUT2D eigenvalue weighted by Gasteiger charge is -2.14. The first kappa shape index (κ1) is 19.6. The molecular weight excluding hydrogens is 319 g/mol. The van der Waals surface area contributed by atoms with Crippen LogP contribution in [0.5, 0.6) is 0 Å². The molecule has 5 nitrogen and oxygen atoms in total. The molecule has 0 atom stereocenters. The molecule has 1 aliphatic rings. The summed E-state index contributed by atoms with van der Waals surface area (Å²) in [5, 5.41) is 5.65. The lowest BCUT2D eigenvalue weighted by molar-refractivity contribution is 0.0945. The number of carbonyl (C=O) groups is 1. The number of hydrogen-bond donors (Lipinski definition) is 2. The van der Waals surface area contributed by atoms with Gasteiger partial charge in [0.05, 0.1) is 5.01 Å². The highest BCUT2D eigenvalue weighted by atomic mass is 35.5. The van der Waals surface area contributed by atoms with Crippen LogP contribution in [0, 0.1) is 0 Å². The second-order valence-electron chi connectivity index (χ2n) is 4.47. The molecule has 1 aromatic heterocycles. The van der Waals surface area contributed by atoms with Gasteiger partial charge < -0.3 is 16.0 Å². The molecule has 1 aliphatic heterocycles. The molecule has 3 N–H and O–H groups in total. The molecule has 20 heavy (non-hydrogen) atoms. The molecular formula is C12H22Cl2N4OS. The molecule has 1 aromatic rings. The van der Waals surface area contributed by atoms with Crippen molar-refractivity contribution in [2.45, 2.75) is 19.3 Å². The minimum Gasteiger partial charge on any atom is -0.349 e. The molecule has 0 spiro atoms. The number of halogens is 2. The number of nitrogens with one attached hydrogen (secondary N) is 1. The van der Waals surface area contributed by atoms with E-state index in [1.165, 1.54) is 24.2 Å². The number of amides is 1. The first-order valence-corrected chi connectivity index (χ1v) is 7.32. The zero-order valence-corrected chi connectivity index (χ0v) is 13.8. The summed E-state index contributed by atoms with van der Waals surface area (Å²) in [4.78, 5) is 18.5. The van der Waals surface area contributed by atoms with Crippen LogP contribution in [0.2, 0.25) is 0 Å². The normalized spacial score (nSPS) is 14.4. The van der Waals surface area contributed by atoms with E-state index in [-0.39, 0.29) is 30.7 Å². The lowest BCUT2D eigenvalue weighted by atomic mass is 10.4. The molecule has 0 unspecified atom stereocenters. The minimum atomic E-state index is -0.0753. The molecule has 1 saturated heterocycles. The third-order valence-corrected chi connectivity index (χ3v) is 3.96. The second kappa shape index (κ2) is 10.3. The topological polar surface area (TPSA) is 71.2 Å². The summed E-state index contributed by atoms with van der Waals surface area (Å²) >= 11 is 1.50. The van der Waals surface area contributed by atoms with Crippen molar-refractivity contribution in [2.24, 2.45) is 5.73 Å². The van der Waals surface area contributed by atoms with E-state index in [2.05, 4.69) is 15.2 Å². The Hall–Kier alpha value is -0.400. The van der Waals surface area contributed by atoms with E-state index >= 15 is 0 Å². The fraction of sp³-hybridized carbons (Fsp3) is 0.667. The largest absolute Gasteiger partial charge is 0.349 e. The van der Waals surface area contributed by atoms with Crippen LogP contribution in [0.3, 0.4) is 0 Å². The molecule has 8 heteroatoms. The van der Waals surface area contributed by atoms with Gasteiger partial charge in [-0.15, -0.1) is 36.2 Å². The van der Waals surface area contributed by atoms with Gasteiger partial charge in [0.1, 0.15) is 5.69 Å². The predicted octanol–water partition coefficient (Wildman–Crippen LogP) is 1.31. The Bertz CT molecular complexity index is 397. The van der Waals surface area contributed by atoms with Gasteiger partial charge in [-0.3, -0.25) is 4.79 Å². The molecule has 0 aliphatic carbocycles. The Morgan fingerprint density at radius 2 is 2.10 bits per heavy atom. The van der Waals surface area contributed by atoms with Gasteiger partial charge in [-0.05, 0) is 32.5 Å². The van der Waals surface area contributed by atoms with Crippen molar-refractivity contribution in [3.05, 3.63) is 16.1 Å². The van der Waals surface area contributed by atoms with Crippen molar-refractivity contribution in [3.8, 4) is 0 Å². The summed E-state index contributed by atoms with van der Waals surface area (Å²) in [5.41, 5.74) is 5.97. The number of thiazole rings is 1. The summed E-state index contributed by atoms with van der Waals surface area (Å²) < 4.78 is 0. The predicted molar refractivity (Wildman–Crippen MR) is 87.4 cm³/mol. The number of aromatic nitrogens is 1. The molecule has 2 heterocycles. The Balaban J connectivity index is 0.00000180. The van der Waals surface area contributed by atoms with Crippen LogP contribution in [0.4, 0.5) is 0 Å². The van der Waals surface area contributed by atoms with Crippen LogP contribution in [0.1, 0.15) is 28.3 Å². The number of hydrogen-bond acceptors (Lipinski definition) is 5. The summed E-state index contributed by atoms with van der Waals surface area (Å²) in [5.74, 6) is -0.0753. The van der Waals surface area contributed by atoms with E-state index in [1.807, 2.05) is 0 Å². The SMILES string of the molecule is Cl.Cl.NCCc1nc(C(=O)NCCN2CCCC2)cs1. The zero-order valence-electron chi connectivity index (χ0n) is 11.3. The maximum absolute atomic E-state index is 11.8. The van der Waals surface area contributed by atoms with Crippen molar-refractivity contribution in [1.29, 1.82) is 0 Å². The first-order chi connectivity index (χ1) is 8.79. The number of nitrogens with zero attached hydrogens (tertiary/aromatic N) is 2. The van der Waals surface area contributed by atoms with Crippen LogP contribution >= 0.6 is 36.2 Å². The van der Waals surface area contributed by atoms with E-state index in [4.69, 9.17) is 5.73 Å². The molecule has 0 saturated carbocycles. The van der Waals surface area contributed by atoms with Gasteiger partial charge in [0, 0.05) is 24.9 Å². The van der Waals surface area contributed by atoms with E-state index < -0.39 is 0 Å². The monoisotopic (exact) mass is 340 g/mol. The maximum atomic E-state index is 11.8. The van der Waals surface area contributed by atoms with Gasteiger partial charge in [0.15, 0.2) is 0 Å². The van der Waals surface area contributed by atoms with Gasteiger partial charge in [-0.25, -0.2) is 4.98 Å². The fourth-order valence-electron chi connectivity index (χ4n) is 2.08. The average molecular weight is 341 g/mol. The van der Waals surface area contributed by atoms with Crippen molar-refractivity contribution in [2.75, 3.05) is 32.7 Å². The van der Waals surface area contributed by atoms with Crippen molar-refractivity contribution >= 4 is 42.1 Å². The van der Waals surface area contributed by atoms with Gasteiger partial charge in [-0.2, -0.15) is 0 Å². The highest BCUT2D eigenvalue weighted by Crippen LogP contribution is 2.10. The molecule has 1 fully saturated rings. The van der Waals surface area contributed by atoms with Crippen molar-refractivity contribution < 1.29 is 4.79 Å². The minimum absolute atomic E-state index is 0. The van der Waals surface area contributed by atoms with Gasteiger partial charge in [-0.1, -0.05) is 0 Å². The quantitative estimate of drug-likeness (QED) is 0.819. The maximum Gasteiger partial charge on any atom is 0.270 e. The summed E-state index contributed by atoms with van der Waals surface area (Å²) in [6.07, 6.45) is 3.30. The average Bonchev–Trinajstić information content (AvgIpc) is 3.00. The summed E-state index contributed by atoms with van der Waals surface area (Å²) in [6, 6.07) is 0. The Morgan fingerprint density at radius 3 is 2.75 bits per heavy atom. The van der Waals surface area contributed by atoms with Crippen LogP contribution < -0.4 is 11.1 Å². The first-order valence-electron chi connectivity index (χ1n) is 6.44. The molecule has 116 valence electrons. The Labute approximate surface area is 136 Å². The lowest BCUT2D eigenvalue weighted by Crippen LogP contribution is -2.33. The second-order valence-corrected chi connectivity index (χ2v) is 5.41. The van der Waals surface area contributed by atoms with Gasteiger partial charge in [0.25, 0.3) is 5.91 Å². The highest BCUT2D eigenvalue weighted by Gasteiger charge is 2.13. The van der Waals surface area contributed by atoms with Crippen LogP contribution in [0.25, 0.3) is 0 Å². The number of rotatable bonds is 6. The Morgan fingerprint density at radius 1 is 1.40 bits per heavy atom. The van der Waals surface area contributed by atoms with Crippen LogP contribution in [-0.4, -0.2) is 48.5 Å². The molecule has 2 rings (SSSR count). The van der Waals surface area contributed by atoms with E-state index in [0.717, 1.165) is 31.1 Å². The number of likely N-dealkylation sites (tertiary alicyclic amines) is 1. The third-order valence-electron chi connectivity index (χ3n) is 3.05. The molecule has 0 radical (unpaired) electrons. The molecule has 1 amide bonds. The van der Waals surface area contributed by atoms with E-state index in [9.17, 15) is 4.79 Å². The van der Waals surface area contributed by atoms with Crippen LogP contribution in [0.15, 0.2) is 5.38 Å². The summed E-state index contributed by atoms with van der Waals surface area (Å²) in [6.45, 7) is 4.53. The highest BCUT2D eigenvalue weighted by molar-refractivity contribution is 7.09. The molecule has 0 bridgehead atoms. The van der Waals surface area contributed by atoms with E-state index in [0.29, 0.717) is 18.8 Å². The van der Waals surface area contributed by atoms with Crippen LogP contribution in [-0.2, 0) is 6.42 Å².